The summed E-state index contributed by atoms with van der Waals surface area (Å²) in [6, 6.07) is 18.8. The Labute approximate surface area is 157 Å². The van der Waals surface area contributed by atoms with Crippen molar-refractivity contribution in [1.82, 2.24) is 14.9 Å². The quantitative estimate of drug-likeness (QED) is 0.558. The van der Waals surface area contributed by atoms with E-state index in [1.807, 2.05) is 12.1 Å². The van der Waals surface area contributed by atoms with Crippen molar-refractivity contribution in [3.8, 4) is 0 Å². The number of aromatic nitrogens is 2. The molecule has 3 heterocycles. The van der Waals surface area contributed by atoms with Crippen LogP contribution in [0.1, 0.15) is 17.0 Å². The van der Waals surface area contributed by atoms with Gasteiger partial charge in [-0.1, -0.05) is 35.9 Å². The molecule has 2 aromatic heterocycles. The lowest BCUT2D eigenvalue weighted by Crippen LogP contribution is -2.32. The van der Waals surface area contributed by atoms with Crippen molar-refractivity contribution in [2.75, 3.05) is 13.1 Å². The fourth-order valence-corrected chi connectivity index (χ4v) is 4.13. The molecule has 4 heteroatoms. The van der Waals surface area contributed by atoms with Crippen LogP contribution in [-0.4, -0.2) is 28.0 Å². The number of nitrogens with zero attached hydrogens (tertiary/aromatic N) is 2. The van der Waals surface area contributed by atoms with Crippen LogP contribution in [-0.2, 0) is 19.4 Å². The first-order valence-corrected chi connectivity index (χ1v) is 9.50. The number of aromatic amines is 1. The Hall–Kier alpha value is -2.36. The number of nitrogens with one attached hydrogen (secondary N) is 1. The maximum Gasteiger partial charge on any atom is 0.0705 e. The molecule has 0 saturated heterocycles. The van der Waals surface area contributed by atoms with Crippen LogP contribution in [0.2, 0.25) is 5.02 Å². The molecule has 3 nitrogen and oxygen atoms in total. The predicted molar refractivity (Wildman–Crippen MR) is 108 cm³/mol. The van der Waals surface area contributed by atoms with E-state index in [1.165, 1.54) is 27.5 Å². The second-order valence-electron chi connectivity index (χ2n) is 7.04. The van der Waals surface area contributed by atoms with Crippen molar-refractivity contribution in [3.63, 3.8) is 0 Å². The normalized spacial score (nSPS) is 14.8. The molecule has 1 aliphatic rings. The minimum absolute atomic E-state index is 0.803. The zero-order chi connectivity index (χ0) is 17.5. The highest BCUT2D eigenvalue weighted by Crippen LogP contribution is 2.29. The van der Waals surface area contributed by atoms with E-state index in [2.05, 4.69) is 52.3 Å². The molecule has 0 radical (unpaired) electrons. The van der Waals surface area contributed by atoms with E-state index in [0.29, 0.717) is 0 Å². The maximum atomic E-state index is 6.21. The van der Waals surface area contributed by atoms with Crippen molar-refractivity contribution in [1.29, 1.82) is 0 Å². The third-order valence-corrected chi connectivity index (χ3v) is 5.59. The van der Waals surface area contributed by atoms with Gasteiger partial charge in [0.05, 0.1) is 5.52 Å². The smallest absolute Gasteiger partial charge is 0.0705 e. The number of para-hydroxylation sites is 1. The van der Waals surface area contributed by atoms with E-state index in [9.17, 15) is 0 Å². The lowest BCUT2D eigenvalue weighted by Gasteiger charge is -2.27. The second-order valence-corrected chi connectivity index (χ2v) is 7.48. The molecule has 0 atom stereocenters. The molecular formula is C22H20ClN3. The van der Waals surface area contributed by atoms with E-state index in [4.69, 9.17) is 16.6 Å². The number of hydrogen-bond donors (Lipinski definition) is 1. The van der Waals surface area contributed by atoms with Crippen LogP contribution in [0.15, 0.2) is 54.6 Å². The number of rotatable bonds is 3. The Kier molecular flexibility index (Phi) is 3.92. The average Bonchev–Trinajstić information content (AvgIpc) is 3.03. The summed E-state index contributed by atoms with van der Waals surface area (Å²) >= 11 is 6.21. The lowest BCUT2D eigenvalue weighted by atomic mass is 10.0. The molecule has 26 heavy (non-hydrogen) atoms. The van der Waals surface area contributed by atoms with Crippen LogP contribution in [0, 0.1) is 0 Å². The second kappa shape index (κ2) is 6.42. The number of pyridine rings is 1. The molecule has 0 unspecified atom stereocenters. The number of fused-ring (bicyclic) bond motifs is 4. The van der Waals surface area contributed by atoms with Gasteiger partial charge in [-0.2, -0.15) is 0 Å². The SMILES string of the molecule is Clc1ccc2[nH]c3c(c2c1)CN(CCc1ccc2ccccc2n1)CC3. The highest BCUT2D eigenvalue weighted by molar-refractivity contribution is 6.31. The molecule has 1 aliphatic heterocycles. The number of hydrogen-bond acceptors (Lipinski definition) is 2. The van der Waals surface area contributed by atoms with Crippen LogP contribution < -0.4 is 0 Å². The molecule has 0 spiro atoms. The molecule has 0 bridgehead atoms. The third kappa shape index (κ3) is 2.87. The van der Waals surface area contributed by atoms with Gasteiger partial charge >= 0.3 is 0 Å². The molecule has 1 N–H and O–H groups in total. The number of H-pyrrole nitrogens is 1. The van der Waals surface area contributed by atoms with E-state index in [0.717, 1.165) is 48.7 Å². The van der Waals surface area contributed by atoms with Crippen LogP contribution in [0.5, 0.6) is 0 Å². The fourth-order valence-electron chi connectivity index (χ4n) is 3.95. The van der Waals surface area contributed by atoms with Crippen molar-refractivity contribution in [2.45, 2.75) is 19.4 Å². The fraction of sp³-hybridized carbons (Fsp3) is 0.227. The Bertz CT molecular complexity index is 1100. The van der Waals surface area contributed by atoms with E-state index < -0.39 is 0 Å². The summed E-state index contributed by atoms with van der Waals surface area (Å²) in [6.45, 7) is 3.09. The molecular weight excluding hydrogens is 342 g/mol. The summed E-state index contributed by atoms with van der Waals surface area (Å²) in [5.74, 6) is 0. The molecule has 2 aromatic carbocycles. The van der Waals surface area contributed by atoms with Crippen LogP contribution in [0.25, 0.3) is 21.8 Å². The van der Waals surface area contributed by atoms with Crippen molar-refractivity contribution >= 4 is 33.4 Å². The van der Waals surface area contributed by atoms with Gasteiger partial charge in [0.1, 0.15) is 0 Å². The molecule has 0 fully saturated rings. The maximum absolute atomic E-state index is 6.21. The molecule has 4 aromatic rings. The Balaban J connectivity index is 1.34. The van der Waals surface area contributed by atoms with Gasteiger partial charge in [-0.15, -0.1) is 0 Å². The van der Waals surface area contributed by atoms with Crippen molar-refractivity contribution in [3.05, 3.63) is 76.6 Å². The summed E-state index contributed by atoms with van der Waals surface area (Å²) in [7, 11) is 0. The highest BCUT2D eigenvalue weighted by atomic mass is 35.5. The Morgan fingerprint density at radius 3 is 2.96 bits per heavy atom. The van der Waals surface area contributed by atoms with Gasteiger partial charge in [-0.05, 0) is 35.9 Å². The van der Waals surface area contributed by atoms with E-state index in [-0.39, 0.29) is 0 Å². The summed E-state index contributed by atoms with van der Waals surface area (Å²) in [6.07, 6.45) is 2.04. The molecule has 0 amide bonds. The topological polar surface area (TPSA) is 31.9 Å². The predicted octanol–water partition coefficient (Wildman–Crippen LogP) is 4.97. The van der Waals surface area contributed by atoms with Gasteiger partial charge in [0, 0.05) is 65.2 Å². The first-order valence-electron chi connectivity index (χ1n) is 9.12. The van der Waals surface area contributed by atoms with Gasteiger partial charge in [-0.3, -0.25) is 9.88 Å². The summed E-state index contributed by atoms with van der Waals surface area (Å²) in [4.78, 5) is 10.9. The largest absolute Gasteiger partial charge is 0.358 e. The zero-order valence-corrected chi connectivity index (χ0v) is 15.3. The average molecular weight is 362 g/mol. The monoisotopic (exact) mass is 361 g/mol. The lowest BCUT2D eigenvalue weighted by molar-refractivity contribution is 0.257. The molecule has 0 aliphatic carbocycles. The van der Waals surface area contributed by atoms with Crippen molar-refractivity contribution < 1.29 is 0 Å². The molecule has 0 saturated carbocycles. The minimum Gasteiger partial charge on any atom is -0.358 e. The van der Waals surface area contributed by atoms with Gasteiger partial charge in [-0.25, -0.2) is 0 Å². The zero-order valence-electron chi connectivity index (χ0n) is 14.5. The minimum atomic E-state index is 0.803. The number of halogens is 1. The van der Waals surface area contributed by atoms with Crippen LogP contribution >= 0.6 is 11.6 Å². The standard InChI is InChI=1S/C22H20ClN3/c23-16-6-8-21-18(13-16)19-14-26(12-10-22(19)25-21)11-9-17-7-5-15-3-1-2-4-20(15)24-17/h1-8,13,25H,9-12,14H2. The number of benzene rings is 2. The Morgan fingerprint density at radius 2 is 2.00 bits per heavy atom. The summed E-state index contributed by atoms with van der Waals surface area (Å²) in [5, 5.41) is 3.27. The van der Waals surface area contributed by atoms with Gasteiger partial charge < -0.3 is 4.98 Å². The van der Waals surface area contributed by atoms with Crippen molar-refractivity contribution in [2.24, 2.45) is 0 Å². The van der Waals surface area contributed by atoms with E-state index >= 15 is 0 Å². The van der Waals surface area contributed by atoms with Crippen LogP contribution in [0.3, 0.4) is 0 Å². The van der Waals surface area contributed by atoms with E-state index in [1.54, 1.807) is 0 Å². The first kappa shape index (κ1) is 15.9. The molecule has 5 rings (SSSR count). The summed E-state index contributed by atoms with van der Waals surface area (Å²) < 4.78 is 0. The van der Waals surface area contributed by atoms with Crippen LogP contribution in [0.4, 0.5) is 0 Å². The van der Waals surface area contributed by atoms with Gasteiger partial charge in [0.15, 0.2) is 0 Å². The first-order chi connectivity index (χ1) is 12.8. The third-order valence-electron chi connectivity index (χ3n) is 5.36. The summed E-state index contributed by atoms with van der Waals surface area (Å²) in [5.41, 5.74) is 6.20. The highest BCUT2D eigenvalue weighted by Gasteiger charge is 2.20. The van der Waals surface area contributed by atoms with Gasteiger partial charge in [0.2, 0.25) is 0 Å². The Morgan fingerprint density at radius 1 is 1.08 bits per heavy atom. The molecule has 130 valence electrons. The van der Waals surface area contributed by atoms with Gasteiger partial charge in [0.25, 0.3) is 0 Å².